The number of hydrogen-bond acceptors (Lipinski definition) is 3. The van der Waals surface area contributed by atoms with Crippen molar-refractivity contribution in [1.29, 1.82) is 0 Å². The third-order valence-electron chi connectivity index (χ3n) is 6.44. The number of amides is 1. The van der Waals surface area contributed by atoms with Crippen LogP contribution >= 0.6 is 0 Å². The Balaban J connectivity index is 1.56. The lowest BCUT2D eigenvalue weighted by atomic mass is 9.87. The summed E-state index contributed by atoms with van der Waals surface area (Å²) in [5.74, 6) is -0.717. The van der Waals surface area contributed by atoms with Crippen molar-refractivity contribution in [3.05, 3.63) is 96.1 Å². The summed E-state index contributed by atoms with van der Waals surface area (Å²) in [5, 5.41) is 4.19. The average Bonchev–Trinajstić information content (AvgIpc) is 3.41. The fraction of sp³-hybridized carbons (Fsp3) is 0.222. The van der Waals surface area contributed by atoms with Crippen molar-refractivity contribution in [1.82, 2.24) is 10.3 Å². The molecule has 0 radical (unpaired) electrons. The maximum Gasteiger partial charge on any atom is 0.224 e. The summed E-state index contributed by atoms with van der Waals surface area (Å²) in [6.07, 6.45) is 0.395. The van der Waals surface area contributed by atoms with Crippen LogP contribution in [0.25, 0.3) is 22.2 Å². The Kier molecular flexibility index (Phi) is 5.77. The molecule has 2 atom stereocenters. The van der Waals surface area contributed by atoms with Crippen molar-refractivity contribution in [3.63, 3.8) is 0 Å². The number of nitrogens with one attached hydrogen (secondary N) is 2. The highest BCUT2D eigenvalue weighted by Gasteiger charge is 2.33. The van der Waals surface area contributed by atoms with Gasteiger partial charge in [-0.15, -0.1) is 0 Å². The fourth-order valence-corrected chi connectivity index (χ4v) is 6.52. The van der Waals surface area contributed by atoms with E-state index < -0.39 is 15.8 Å². The number of hydrogen-bond donors (Lipinski definition) is 2. The van der Waals surface area contributed by atoms with Crippen LogP contribution in [-0.2, 0) is 14.6 Å². The molecule has 1 saturated heterocycles. The van der Waals surface area contributed by atoms with Gasteiger partial charge in [0.1, 0.15) is 0 Å². The van der Waals surface area contributed by atoms with Crippen LogP contribution in [-0.4, -0.2) is 37.4 Å². The Morgan fingerprint density at radius 1 is 0.939 bits per heavy atom. The lowest BCUT2D eigenvalue weighted by molar-refractivity contribution is -0.124. The molecule has 33 heavy (non-hydrogen) atoms. The number of aromatic nitrogens is 1. The monoisotopic (exact) mass is 458 g/mol. The molecular formula is C27H26N2O3S. The molecule has 5 nitrogen and oxygen atoms in total. The predicted molar refractivity (Wildman–Crippen MR) is 132 cm³/mol. The van der Waals surface area contributed by atoms with E-state index in [9.17, 15) is 13.2 Å². The molecule has 2 heterocycles. The van der Waals surface area contributed by atoms with Gasteiger partial charge in [0.2, 0.25) is 5.91 Å². The normalized spacial score (nSPS) is 18.2. The van der Waals surface area contributed by atoms with Crippen molar-refractivity contribution >= 4 is 26.6 Å². The molecule has 0 unspecified atom stereocenters. The van der Waals surface area contributed by atoms with Gasteiger partial charge in [-0.2, -0.15) is 0 Å². The summed E-state index contributed by atoms with van der Waals surface area (Å²) in [7, 11) is -3.11. The smallest absolute Gasteiger partial charge is 0.224 e. The first kappa shape index (κ1) is 21.5. The topological polar surface area (TPSA) is 79.0 Å². The van der Waals surface area contributed by atoms with Crippen molar-refractivity contribution < 1.29 is 13.2 Å². The Hall–Kier alpha value is -3.38. The lowest BCUT2D eigenvalue weighted by Crippen LogP contribution is -2.34. The number of carbonyl (C=O) groups excluding carboxylic acids is 1. The van der Waals surface area contributed by atoms with Gasteiger partial charge in [-0.1, -0.05) is 78.9 Å². The average molecular weight is 459 g/mol. The number of fused-ring (bicyclic) bond motifs is 1. The minimum Gasteiger partial charge on any atom is -0.355 e. The summed E-state index contributed by atoms with van der Waals surface area (Å²) in [5.41, 5.74) is 5.38. The highest BCUT2D eigenvalue weighted by atomic mass is 32.2. The highest BCUT2D eigenvalue weighted by Crippen LogP contribution is 2.38. The third kappa shape index (κ3) is 4.44. The van der Waals surface area contributed by atoms with Crippen LogP contribution < -0.4 is 5.32 Å². The van der Waals surface area contributed by atoms with Gasteiger partial charge in [0, 0.05) is 23.4 Å². The van der Waals surface area contributed by atoms with Crippen LogP contribution in [0.5, 0.6) is 0 Å². The molecule has 1 aromatic heterocycles. The van der Waals surface area contributed by atoms with E-state index in [0.717, 1.165) is 33.3 Å². The second-order valence-corrected chi connectivity index (χ2v) is 10.9. The molecule has 6 heteroatoms. The molecule has 1 amide bonds. The standard InChI is InChI=1S/C27H26N2O3S/c30-27(21-15-16-33(31,32)18-21)28-17-23(19-9-3-1-4-10-19)25-22-13-7-8-14-24(22)29-26(25)20-11-5-2-6-12-20/h1-14,21,23,29H,15-18H2,(H,28,30)/t21-,23+/m0/s1. The highest BCUT2D eigenvalue weighted by molar-refractivity contribution is 7.91. The number of sulfone groups is 1. The Bertz CT molecular complexity index is 1380. The second-order valence-electron chi connectivity index (χ2n) is 8.63. The summed E-state index contributed by atoms with van der Waals surface area (Å²) in [4.78, 5) is 16.5. The van der Waals surface area contributed by atoms with Gasteiger partial charge in [0.15, 0.2) is 9.84 Å². The van der Waals surface area contributed by atoms with Gasteiger partial charge in [-0.3, -0.25) is 4.79 Å². The Labute approximate surface area is 193 Å². The zero-order valence-corrected chi connectivity index (χ0v) is 19.0. The molecule has 0 spiro atoms. The minimum atomic E-state index is -3.11. The van der Waals surface area contributed by atoms with Gasteiger partial charge in [0.25, 0.3) is 0 Å². The first-order valence-electron chi connectivity index (χ1n) is 11.2. The number of rotatable bonds is 6. The quantitative estimate of drug-likeness (QED) is 0.446. The van der Waals surface area contributed by atoms with Crippen molar-refractivity contribution in [2.24, 2.45) is 5.92 Å². The van der Waals surface area contributed by atoms with E-state index in [1.165, 1.54) is 0 Å². The lowest BCUT2D eigenvalue weighted by Gasteiger charge is -2.21. The summed E-state index contributed by atoms with van der Waals surface area (Å²) in [6, 6.07) is 28.5. The first-order valence-corrected chi connectivity index (χ1v) is 13.0. The number of para-hydroxylation sites is 1. The van der Waals surface area contributed by atoms with Crippen LogP contribution in [0.1, 0.15) is 23.5 Å². The molecule has 4 aromatic rings. The van der Waals surface area contributed by atoms with Gasteiger partial charge >= 0.3 is 0 Å². The molecular weight excluding hydrogens is 432 g/mol. The third-order valence-corrected chi connectivity index (χ3v) is 8.21. The van der Waals surface area contributed by atoms with E-state index in [0.29, 0.717) is 13.0 Å². The minimum absolute atomic E-state index is 0.0583. The Morgan fingerprint density at radius 3 is 2.30 bits per heavy atom. The van der Waals surface area contributed by atoms with Gasteiger partial charge in [-0.25, -0.2) is 8.42 Å². The van der Waals surface area contributed by atoms with E-state index >= 15 is 0 Å². The molecule has 1 aliphatic rings. The molecule has 2 N–H and O–H groups in total. The fourth-order valence-electron chi connectivity index (χ4n) is 4.78. The van der Waals surface area contributed by atoms with Crippen LogP contribution in [0.3, 0.4) is 0 Å². The number of benzene rings is 3. The first-order chi connectivity index (χ1) is 16.0. The largest absolute Gasteiger partial charge is 0.355 e. The molecule has 1 aliphatic heterocycles. The van der Waals surface area contributed by atoms with E-state index in [1.807, 2.05) is 48.5 Å². The molecule has 3 aromatic carbocycles. The maximum absolute atomic E-state index is 12.9. The van der Waals surface area contributed by atoms with Gasteiger partial charge in [0.05, 0.1) is 23.1 Å². The zero-order valence-electron chi connectivity index (χ0n) is 18.2. The van der Waals surface area contributed by atoms with E-state index in [1.54, 1.807) is 0 Å². The van der Waals surface area contributed by atoms with Crippen LogP contribution in [0.15, 0.2) is 84.9 Å². The van der Waals surface area contributed by atoms with Crippen LogP contribution in [0.2, 0.25) is 0 Å². The van der Waals surface area contributed by atoms with Crippen LogP contribution in [0, 0.1) is 5.92 Å². The number of H-pyrrole nitrogens is 1. The predicted octanol–water partition coefficient (Wildman–Crippen LogP) is 4.52. The number of aromatic amines is 1. The second kappa shape index (κ2) is 8.87. The maximum atomic E-state index is 12.9. The van der Waals surface area contributed by atoms with E-state index in [-0.39, 0.29) is 23.3 Å². The molecule has 168 valence electrons. The molecule has 5 rings (SSSR count). The summed E-state index contributed by atoms with van der Waals surface area (Å²) < 4.78 is 23.7. The van der Waals surface area contributed by atoms with Crippen molar-refractivity contribution in [3.8, 4) is 11.3 Å². The van der Waals surface area contributed by atoms with Crippen molar-refractivity contribution in [2.75, 3.05) is 18.1 Å². The van der Waals surface area contributed by atoms with Crippen molar-refractivity contribution in [2.45, 2.75) is 12.3 Å². The summed E-state index contributed by atoms with van der Waals surface area (Å²) in [6.45, 7) is 0.390. The number of carbonyl (C=O) groups is 1. The summed E-state index contributed by atoms with van der Waals surface area (Å²) >= 11 is 0. The van der Waals surface area contributed by atoms with E-state index in [4.69, 9.17) is 0 Å². The zero-order chi connectivity index (χ0) is 22.8. The molecule has 0 saturated carbocycles. The van der Waals surface area contributed by atoms with E-state index in [2.05, 4.69) is 46.7 Å². The van der Waals surface area contributed by atoms with Gasteiger partial charge < -0.3 is 10.3 Å². The van der Waals surface area contributed by atoms with Crippen LogP contribution in [0.4, 0.5) is 0 Å². The SMILES string of the molecule is O=C(NC[C@H](c1ccccc1)c1c(-c2ccccc2)[nH]c2ccccc12)[C@H]1CCS(=O)(=O)C1. The van der Waals surface area contributed by atoms with Gasteiger partial charge in [-0.05, 0) is 29.2 Å². The molecule has 1 fully saturated rings. The molecule has 0 bridgehead atoms. The molecule has 0 aliphatic carbocycles. The Morgan fingerprint density at radius 2 is 1.61 bits per heavy atom.